The summed E-state index contributed by atoms with van der Waals surface area (Å²) >= 11 is 12.1. The molecule has 20 heavy (non-hydrogen) atoms. The molecule has 3 heteroatoms. The normalized spacial score (nSPS) is 24.6. The summed E-state index contributed by atoms with van der Waals surface area (Å²) < 4.78 is 0. The molecule has 1 nitrogen and oxygen atoms in total. The molecule has 3 atom stereocenters. The first-order valence-corrected chi connectivity index (χ1v) is 8.60. The highest BCUT2D eigenvalue weighted by Gasteiger charge is 2.23. The van der Waals surface area contributed by atoms with Crippen LogP contribution in [-0.2, 0) is 0 Å². The molecule has 0 saturated heterocycles. The molecule has 3 unspecified atom stereocenters. The Morgan fingerprint density at radius 3 is 2.65 bits per heavy atom. The lowest BCUT2D eigenvalue weighted by molar-refractivity contribution is 0.260. The zero-order chi connectivity index (χ0) is 14.5. The Labute approximate surface area is 133 Å². The predicted molar refractivity (Wildman–Crippen MR) is 88.7 cm³/mol. The van der Waals surface area contributed by atoms with Gasteiger partial charge in [0.25, 0.3) is 0 Å². The number of nitrogens with one attached hydrogen (secondary N) is 1. The second-order valence-electron chi connectivity index (χ2n) is 5.94. The first-order valence-electron chi connectivity index (χ1n) is 7.85. The van der Waals surface area contributed by atoms with Crippen molar-refractivity contribution in [2.45, 2.75) is 64.5 Å². The van der Waals surface area contributed by atoms with Gasteiger partial charge in [0.2, 0.25) is 0 Å². The Kier molecular flexibility index (Phi) is 6.20. The van der Waals surface area contributed by atoms with Crippen molar-refractivity contribution in [2.75, 3.05) is 0 Å². The van der Waals surface area contributed by atoms with E-state index in [2.05, 4.69) is 25.2 Å². The van der Waals surface area contributed by atoms with Crippen LogP contribution >= 0.6 is 23.2 Å². The Bertz CT molecular complexity index is 433. The highest BCUT2D eigenvalue weighted by Crippen LogP contribution is 2.31. The van der Waals surface area contributed by atoms with E-state index in [9.17, 15) is 0 Å². The van der Waals surface area contributed by atoms with Crippen LogP contribution in [0.25, 0.3) is 0 Å². The molecule has 1 saturated carbocycles. The zero-order valence-corrected chi connectivity index (χ0v) is 14.0. The van der Waals surface area contributed by atoms with Gasteiger partial charge in [-0.25, -0.2) is 0 Å². The van der Waals surface area contributed by atoms with Crippen LogP contribution in [0.1, 0.15) is 64.0 Å². The third kappa shape index (κ3) is 4.13. The van der Waals surface area contributed by atoms with E-state index in [0.29, 0.717) is 22.1 Å². The maximum absolute atomic E-state index is 6.14. The average molecular weight is 314 g/mol. The Morgan fingerprint density at radius 1 is 1.20 bits per heavy atom. The highest BCUT2D eigenvalue weighted by atomic mass is 35.5. The SMILES string of the molecule is CCC1CCCC(NC(CC)c2ccc(Cl)c(Cl)c2)C1. The number of halogens is 2. The van der Waals surface area contributed by atoms with E-state index in [0.717, 1.165) is 12.3 Å². The summed E-state index contributed by atoms with van der Waals surface area (Å²) in [6.45, 7) is 4.53. The van der Waals surface area contributed by atoms with Crippen molar-refractivity contribution in [3.63, 3.8) is 0 Å². The van der Waals surface area contributed by atoms with Gasteiger partial charge in [-0.15, -0.1) is 0 Å². The smallest absolute Gasteiger partial charge is 0.0595 e. The topological polar surface area (TPSA) is 12.0 Å². The average Bonchev–Trinajstić information content (AvgIpc) is 2.48. The summed E-state index contributed by atoms with van der Waals surface area (Å²) in [5, 5.41) is 5.12. The van der Waals surface area contributed by atoms with Crippen LogP contribution in [0.4, 0.5) is 0 Å². The summed E-state index contributed by atoms with van der Waals surface area (Å²) in [7, 11) is 0. The monoisotopic (exact) mass is 313 g/mol. The summed E-state index contributed by atoms with van der Waals surface area (Å²) in [4.78, 5) is 0. The number of hydrogen-bond donors (Lipinski definition) is 1. The molecule has 0 radical (unpaired) electrons. The van der Waals surface area contributed by atoms with Gasteiger partial charge in [-0.3, -0.25) is 0 Å². The van der Waals surface area contributed by atoms with E-state index in [4.69, 9.17) is 23.2 Å². The molecule has 2 rings (SSSR count). The van der Waals surface area contributed by atoms with Crippen LogP contribution in [0.2, 0.25) is 10.0 Å². The van der Waals surface area contributed by atoms with E-state index >= 15 is 0 Å². The van der Waals surface area contributed by atoms with Crippen molar-refractivity contribution < 1.29 is 0 Å². The van der Waals surface area contributed by atoms with Crippen LogP contribution in [0, 0.1) is 5.92 Å². The molecule has 1 aromatic carbocycles. The molecule has 112 valence electrons. The fourth-order valence-electron chi connectivity index (χ4n) is 3.28. The Morgan fingerprint density at radius 2 is 2.00 bits per heavy atom. The molecule has 0 aromatic heterocycles. The summed E-state index contributed by atoms with van der Waals surface area (Å²) in [6, 6.07) is 7.03. The summed E-state index contributed by atoms with van der Waals surface area (Å²) in [6.07, 6.45) is 7.75. The van der Waals surface area contributed by atoms with E-state index in [1.807, 2.05) is 12.1 Å². The van der Waals surface area contributed by atoms with Crippen LogP contribution in [0.3, 0.4) is 0 Å². The quantitative estimate of drug-likeness (QED) is 0.702. The van der Waals surface area contributed by atoms with Crippen molar-refractivity contribution >= 4 is 23.2 Å². The lowest BCUT2D eigenvalue weighted by Gasteiger charge is -2.32. The minimum absolute atomic E-state index is 0.380. The van der Waals surface area contributed by atoms with Gasteiger partial charge in [0, 0.05) is 12.1 Å². The van der Waals surface area contributed by atoms with Crippen LogP contribution in [-0.4, -0.2) is 6.04 Å². The minimum Gasteiger partial charge on any atom is -0.307 e. The first kappa shape index (κ1) is 16.1. The number of hydrogen-bond acceptors (Lipinski definition) is 1. The summed E-state index contributed by atoms with van der Waals surface area (Å²) in [5.74, 6) is 0.896. The molecule has 0 bridgehead atoms. The minimum atomic E-state index is 0.380. The van der Waals surface area contributed by atoms with Crippen LogP contribution in [0.5, 0.6) is 0 Å². The van der Waals surface area contributed by atoms with E-state index in [-0.39, 0.29) is 0 Å². The van der Waals surface area contributed by atoms with Gasteiger partial charge in [0.05, 0.1) is 10.0 Å². The van der Waals surface area contributed by atoms with Gasteiger partial charge < -0.3 is 5.32 Å². The zero-order valence-electron chi connectivity index (χ0n) is 12.5. The van der Waals surface area contributed by atoms with Crippen molar-refractivity contribution in [1.29, 1.82) is 0 Å². The van der Waals surface area contributed by atoms with Gasteiger partial charge in [-0.2, -0.15) is 0 Å². The summed E-state index contributed by atoms with van der Waals surface area (Å²) in [5.41, 5.74) is 1.25. The van der Waals surface area contributed by atoms with Crippen molar-refractivity contribution in [3.8, 4) is 0 Å². The van der Waals surface area contributed by atoms with Gasteiger partial charge in [-0.05, 0) is 42.9 Å². The molecule has 0 heterocycles. The molecule has 1 N–H and O–H groups in total. The van der Waals surface area contributed by atoms with Gasteiger partial charge in [0.1, 0.15) is 0 Å². The number of rotatable bonds is 5. The van der Waals surface area contributed by atoms with Gasteiger partial charge in [0.15, 0.2) is 0 Å². The fourth-order valence-corrected chi connectivity index (χ4v) is 3.58. The van der Waals surface area contributed by atoms with Crippen molar-refractivity contribution in [3.05, 3.63) is 33.8 Å². The molecule has 0 amide bonds. The standard InChI is InChI=1S/C17H25Cl2N/c1-3-12-6-5-7-14(10-12)20-17(4-2)13-8-9-15(18)16(19)11-13/h8-9,11-12,14,17,20H,3-7,10H2,1-2H3. The van der Waals surface area contributed by atoms with Crippen molar-refractivity contribution in [2.24, 2.45) is 5.92 Å². The second-order valence-corrected chi connectivity index (χ2v) is 6.75. The molecular weight excluding hydrogens is 289 g/mol. The molecule has 1 aliphatic rings. The Balaban J connectivity index is 2.02. The maximum atomic E-state index is 6.14. The molecule has 1 fully saturated rings. The van der Waals surface area contributed by atoms with E-state index in [1.165, 1.54) is 37.7 Å². The highest BCUT2D eigenvalue weighted by molar-refractivity contribution is 6.42. The molecular formula is C17H25Cl2N. The molecule has 1 aliphatic carbocycles. The third-order valence-corrected chi connectivity index (χ3v) is 5.29. The van der Waals surface area contributed by atoms with Crippen molar-refractivity contribution in [1.82, 2.24) is 5.32 Å². The lowest BCUT2D eigenvalue weighted by Crippen LogP contribution is -2.36. The third-order valence-electron chi connectivity index (χ3n) is 4.55. The predicted octanol–water partition coefficient (Wildman–Crippen LogP) is 6.00. The number of benzene rings is 1. The van der Waals surface area contributed by atoms with Gasteiger partial charge >= 0.3 is 0 Å². The maximum Gasteiger partial charge on any atom is 0.0595 e. The second kappa shape index (κ2) is 7.68. The lowest BCUT2D eigenvalue weighted by atomic mass is 9.83. The molecule has 0 aliphatic heterocycles. The molecule has 0 spiro atoms. The fraction of sp³-hybridized carbons (Fsp3) is 0.647. The first-order chi connectivity index (χ1) is 9.63. The van der Waals surface area contributed by atoms with E-state index < -0.39 is 0 Å². The van der Waals surface area contributed by atoms with E-state index in [1.54, 1.807) is 0 Å². The molecule has 1 aromatic rings. The largest absolute Gasteiger partial charge is 0.307 e. The van der Waals surface area contributed by atoms with Gasteiger partial charge in [-0.1, -0.05) is 62.4 Å². The van der Waals surface area contributed by atoms with Crippen LogP contribution < -0.4 is 5.32 Å². The Hall–Kier alpha value is -0.240. The van der Waals surface area contributed by atoms with Crippen LogP contribution in [0.15, 0.2) is 18.2 Å².